The number of carbonyl (C=O) groups is 1. The van der Waals surface area contributed by atoms with Gasteiger partial charge in [-0.1, -0.05) is 43.7 Å². The first kappa shape index (κ1) is 14.6. The van der Waals surface area contributed by atoms with Gasteiger partial charge in [0, 0.05) is 6.42 Å². The van der Waals surface area contributed by atoms with E-state index in [2.05, 4.69) is 4.52 Å². The van der Waals surface area contributed by atoms with Crippen molar-refractivity contribution in [3.8, 4) is 0 Å². The molecule has 6 heteroatoms. The minimum Gasteiger partial charge on any atom is -0.427 e. The number of nitrogens with two attached hydrogens (primary N) is 1. The van der Waals surface area contributed by atoms with Gasteiger partial charge in [-0.05, 0) is 10.1 Å². The van der Waals surface area contributed by atoms with Crippen LogP contribution in [0.15, 0.2) is 30.3 Å². The fraction of sp³-hybridized carbons (Fsp3) is 0.417. The third-order valence-electron chi connectivity index (χ3n) is 2.22. The van der Waals surface area contributed by atoms with E-state index in [9.17, 15) is 9.36 Å². The molecule has 0 radical (unpaired) electrons. The molecular formula is C12H17NO4P+. The fourth-order valence-corrected chi connectivity index (χ4v) is 2.09. The lowest BCUT2D eigenvalue weighted by Crippen LogP contribution is -2.17. The maximum atomic E-state index is 11.5. The van der Waals surface area contributed by atoms with Crippen LogP contribution in [0, 0.1) is 0 Å². The van der Waals surface area contributed by atoms with Crippen LogP contribution in [0.25, 0.3) is 0 Å². The molecule has 5 nitrogen and oxygen atoms in total. The number of hydrogen-bond acceptors (Lipinski definition) is 5. The van der Waals surface area contributed by atoms with Gasteiger partial charge < -0.3 is 4.74 Å². The summed E-state index contributed by atoms with van der Waals surface area (Å²) in [4.78, 5) is 11.3. The van der Waals surface area contributed by atoms with Crippen LogP contribution in [0.2, 0.25) is 0 Å². The summed E-state index contributed by atoms with van der Waals surface area (Å²) in [6.07, 6.45) is 0.373. The zero-order valence-electron chi connectivity index (χ0n) is 10.2. The molecule has 2 unspecified atom stereocenters. The van der Waals surface area contributed by atoms with Gasteiger partial charge >= 0.3 is 14.2 Å². The van der Waals surface area contributed by atoms with Crippen molar-refractivity contribution in [3.63, 3.8) is 0 Å². The second kappa shape index (κ2) is 7.80. The highest BCUT2D eigenvalue weighted by Gasteiger charge is 2.32. The molecule has 0 heterocycles. The summed E-state index contributed by atoms with van der Waals surface area (Å²) >= 11 is 0. The van der Waals surface area contributed by atoms with Crippen LogP contribution in [0.3, 0.4) is 0 Å². The van der Waals surface area contributed by atoms with E-state index in [0.29, 0.717) is 6.42 Å². The van der Waals surface area contributed by atoms with Crippen molar-refractivity contribution < 1.29 is 18.6 Å². The zero-order valence-corrected chi connectivity index (χ0v) is 11.1. The predicted molar refractivity (Wildman–Crippen MR) is 68.2 cm³/mol. The molecule has 2 atom stereocenters. The lowest BCUT2D eigenvalue weighted by Gasteiger charge is -2.01. The van der Waals surface area contributed by atoms with E-state index in [1.54, 1.807) is 0 Å². The van der Waals surface area contributed by atoms with E-state index < -0.39 is 20.0 Å². The number of carbonyl (C=O) groups excluding carboxylic acids is 1. The average Bonchev–Trinajstić information content (AvgIpc) is 2.38. The Bertz CT molecular complexity index is 396. The number of rotatable bonds is 6. The molecule has 2 N–H and O–H groups in total. The van der Waals surface area contributed by atoms with Crippen LogP contribution in [0.5, 0.6) is 0 Å². The lowest BCUT2D eigenvalue weighted by molar-refractivity contribution is 0.0951. The number of ether oxygens (including phenoxy) is 1. The molecule has 1 aromatic rings. The van der Waals surface area contributed by atoms with Gasteiger partial charge in [-0.2, -0.15) is 9.32 Å². The van der Waals surface area contributed by atoms with Crippen LogP contribution in [-0.4, -0.2) is 11.9 Å². The molecule has 98 valence electrons. The van der Waals surface area contributed by atoms with Gasteiger partial charge in [-0.15, -0.1) is 0 Å². The molecule has 0 aliphatic heterocycles. The largest absolute Gasteiger partial charge is 0.581 e. The van der Waals surface area contributed by atoms with Crippen LogP contribution in [-0.2, 0) is 20.4 Å². The third kappa shape index (κ3) is 5.25. The zero-order chi connectivity index (χ0) is 13.4. The topological polar surface area (TPSA) is 78.6 Å². The Hall–Kier alpha value is -1.45. The first-order valence-electron chi connectivity index (χ1n) is 5.74. The van der Waals surface area contributed by atoms with Gasteiger partial charge in [0.2, 0.25) is 5.78 Å². The fourth-order valence-electron chi connectivity index (χ4n) is 1.29. The summed E-state index contributed by atoms with van der Waals surface area (Å²) in [5.74, 6) is -0.630. The van der Waals surface area contributed by atoms with Crippen molar-refractivity contribution in [3.05, 3.63) is 35.9 Å². The quantitative estimate of drug-likeness (QED) is 0.634. The molecule has 0 spiro atoms. The molecule has 18 heavy (non-hydrogen) atoms. The van der Waals surface area contributed by atoms with Crippen molar-refractivity contribution in [2.45, 2.75) is 32.2 Å². The smallest absolute Gasteiger partial charge is 0.427 e. The molecule has 0 aliphatic rings. The SMILES string of the molecule is CCCC(N)[P+](=O)OC(=O)OCc1ccccc1. The van der Waals surface area contributed by atoms with Crippen LogP contribution < -0.4 is 5.73 Å². The Morgan fingerprint density at radius 3 is 2.67 bits per heavy atom. The van der Waals surface area contributed by atoms with Crippen LogP contribution in [0.1, 0.15) is 25.3 Å². The maximum absolute atomic E-state index is 11.5. The van der Waals surface area contributed by atoms with E-state index in [1.807, 2.05) is 37.3 Å². The minimum atomic E-state index is -2.21. The molecular weight excluding hydrogens is 253 g/mol. The van der Waals surface area contributed by atoms with Gasteiger partial charge in [0.15, 0.2) is 0 Å². The molecule has 0 aromatic heterocycles. The maximum Gasteiger partial charge on any atom is 0.581 e. The van der Waals surface area contributed by atoms with Gasteiger partial charge in [-0.3, -0.25) is 5.73 Å². The highest BCUT2D eigenvalue weighted by molar-refractivity contribution is 7.40. The Morgan fingerprint density at radius 1 is 1.39 bits per heavy atom. The first-order chi connectivity index (χ1) is 8.63. The second-order valence-corrected chi connectivity index (χ2v) is 5.17. The summed E-state index contributed by atoms with van der Waals surface area (Å²) in [6.45, 7) is 2.00. The molecule has 0 saturated heterocycles. The van der Waals surface area contributed by atoms with Crippen molar-refractivity contribution in [2.24, 2.45) is 5.73 Å². The second-order valence-electron chi connectivity index (χ2n) is 3.76. The van der Waals surface area contributed by atoms with Crippen molar-refractivity contribution in [2.75, 3.05) is 0 Å². The normalized spacial score (nSPS) is 12.7. The Labute approximate surface area is 107 Å². The Kier molecular flexibility index (Phi) is 6.33. The molecule has 0 saturated carbocycles. The molecule has 0 bridgehead atoms. The van der Waals surface area contributed by atoms with Crippen molar-refractivity contribution >= 4 is 14.2 Å². The van der Waals surface area contributed by atoms with E-state index in [4.69, 9.17) is 10.5 Å². The van der Waals surface area contributed by atoms with Crippen LogP contribution in [0.4, 0.5) is 4.79 Å². The summed E-state index contributed by atoms with van der Waals surface area (Å²) in [6, 6.07) is 9.16. The highest BCUT2D eigenvalue weighted by atomic mass is 31.1. The number of benzene rings is 1. The minimum absolute atomic E-state index is 0.0891. The first-order valence-corrected chi connectivity index (χ1v) is 6.98. The van der Waals surface area contributed by atoms with Crippen molar-refractivity contribution in [1.29, 1.82) is 0 Å². The standard InChI is InChI=1S/C12H17NO4P/c1-2-6-11(13)18(15)17-12(14)16-9-10-7-4-3-5-8-10/h3-5,7-8,11H,2,6,9,13H2,1H3/q+1. The number of hydrogen-bond donors (Lipinski definition) is 1. The van der Waals surface area contributed by atoms with Crippen molar-refractivity contribution in [1.82, 2.24) is 0 Å². The Balaban J connectivity index is 2.32. The van der Waals surface area contributed by atoms with E-state index in [0.717, 1.165) is 12.0 Å². The Morgan fingerprint density at radius 2 is 2.06 bits per heavy atom. The van der Waals surface area contributed by atoms with Gasteiger partial charge in [0.05, 0.1) is 0 Å². The van der Waals surface area contributed by atoms with Gasteiger partial charge in [0.25, 0.3) is 0 Å². The highest BCUT2D eigenvalue weighted by Crippen LogP contribution is 2.29. The van der Waals surface area contributed by atoms with Gasteiger partial charge in [0.1, 0.15) is 6.61 Å². The molecule has 1 aromatic carbocycles. The average molecular weight is 270 g/mol. The van der Waals surface area contributed by atoms with E-state index in [1.165, 1.54) is 0 Å². The van der Waals surface area contributed by atoms with Crippen LogP contribution >= 0.6 is 8.03 Å². The lowest BCUT2D eigenvalue weighted by atomic mass is 10.2. The molecule has 0 fully saturated rings. The molecule has 0 aliphatic carbocycles. The summed E-state index contributed by atoms with van der Waals surface area (Å²) < 4.78 is 20.9. The summed E-state index contributed by atoms with van der Waals surface area (Å²) in [5, 5.41) is 0. The molecule has 0 amide bonds. The van der Waals surface area contributed by atoms with Gasteiger partial charge in [-0.25, -0.2) is 0 Å². The summed E-state index contributed by atoms with van der Waals surface area (Å²) in [7, 11) is -2.21. The predicted octanol–water partition coefficient (Wildman–Crippen LogP) is 3.17. The molecule has 1 rings (SSSR count). The summed E-state index contributed by atoms with van der Waals surface area (Å²) in [5.41, 5.74) is 6.40. The van der Waals surface area contributed by atoms with E-state index in [-0.39, 0.29) is 6.61 Å². The monoisotopic (exact) mass is 270 g/mol. The van der Waals surface area contributed by atoms with E-state index >= 15 is 0 Å². The third-order valence-corrected chi connectivity index (χ3v) is 3.35.